The molecule has 0 aliphatic heterocycles. The van der Waals surface area contributed by atoms with Crippen LogP contribution in [0.15, 0.2) is 48.5 Å². The average molecular weight is 574 g/mol. The Morgan fingerprint density at radius 2 is 1.57 bits per heavy atom. The lowest BCUT2D eigenvalue weighted by Crippen LogP contribution is -2.43. The SMILES string of the molecule is N#CC(c1ccc(Cl)cc1)C1CCCCC1=O.N#CCC1(c2ccc(Cl)cc2)CCCC(Br)C1=O. The van der Waals surface area contributed by atoms with Crippen molar-refractivity contribution in [1.82, 2.24) is 0 Å². The number of halogens is 3. The van der Waals surface area contributed by atoms with Crippen LogP contribution in [0.2, 0.25) is 10.0 Å². The van der Waals surface area contributed by atoms with E-state index in [9.17, 15) is 14.9 Å². The molecule has 4 unspecified atom stereocenters. The fraction of sp³-hybridized carbons (Fsp3) is 0.429. The monoisotopic (exact) mass is 572 g/mol. The highest BCUT2D eigenvalue weighted by Crippen LogP contribution is 2.42. The van der Waals surface area contributed by atoms with Crippen LogP contribution in [0.4, 0.5) is 0 Å². The van der Waals surface area contributed by atoms with E-state index in [1.54, 1.807) is 24.3 Å². The number of ketones is 2. The molecule has 182 valence electrons. The summed E-state index contributed by atoms with van der Waals surface area (Å²) in [6, 6.07) is 19.0. The lowest BCUT2D eigenvalue weighted by atomic mass is 9.67. The Morgan fingerprint density at radius 1 is 0.943 bits per heavy atom. The maximum atomic E-state index is 12.5. The molecule has 0 bridgehead atoms. The molecule has 7 heteroatoms. The van der Waals surface area contributed by atoms with Crippen LogP contribution >= 0.6 is 39.1 Å². The molecule has 0 N–H and O–H groups in total. The highest BCUT2D eigenvalue weighted by Gasteiger charge is 2.45. The fourth-order valence-electron chi connectivity index (χ4n) is 5.03. The van der Waals surface area contributed by atoms with E-state index in [1.807, 2.05) is 24.3 Å². The first-order valence-electron chi connectivity index (χ1n) is 11.8. The molecule has 4 atom stereocenters. The standard InChI is InChI=1S/C14H13BrClNO.C14H14ClNO/c15-12-2-1-7-14(8-9-17,13(12)18)10-3-5-11(16)6-4-10;15-11-7-5-10(6-8-11)13(9-16)12-3-1-2-4-14(12)17/h3-6,12H,1-2,7-8H2;5-8,12-13H,1-4H2. The fourth-order valence-corrected chi connectivity index (χ4v) is 6.05. The smallest absolute Gasteiger partial charge is 0.157 e. The summed E-state index contributed by atoms with van der Waals surface area (Å²) in [6.45, 7) is 0. The number of Topliss-reactive ketones (excluding diaryl/α,β-unsaturated/α-hetero) is 2. The number of benzene rings is 2. The Bertz CT molecular complexity index is 1120. The summed E-state index contributed by atoms with van der Waals surface area (Å²) >= 11 is 15.1. The van der Waals surface area contributed by atoms with Gasteiger partial charge in [0.15, 0.2) is 5.78 Å². The van der Waals surface area contributed by atoms with Crippen LogP contribution in [0, 0.1) is 28.6 Å². The summed E-state index contributed by atoms with van der Waals surface area (Å²) < 4.78 is 0. The van der Waals surface area contributed by atoms with Gasteiger partial charge in [-0.15, -0.1) is 0 Å². The molecule has 0 saturated heterocycles. The van der Waals surface area contributed by atoms with Gasteiger partial charge in [-0.05, 0) is 61.1 Å². The maximum Gasteiger partial charge on any atom is 0.157 e. The normalized spacial score (nSPS) is 24.9. The number of hydrogen-bond donors (Lipinski definition) is 0. The van der Waals surface area contributed by atoms with Gasteiger partial charge in [0.1, 0.15) is 5.78 Å². The zero-order valence-corrected chi connectivity index (χ0v) is 22.5. The highest BCUT2D eigenvalue weighted by molar-refractivity contribution is 9.10. The van der Waals surface area contributed by atoms with Crippen molar-refractivity contribution in [3.8, 4) is 12.1 Å². The lowest BCUT2D eigenvalue weighted by Gasteiger charge is -2.36. The molecule has 4 rings (SSSR count). The van der Waals surface area contributed by atoms with E-state index in [1.165, 1.54) is 0 Å². The second-order valence-electron chi connectivity index (χ2n) is 9.12. The van der Waals surface area contributed by atoms with Crippen molar-refractivity contribution in [3.63, 3.8) is 0 Å². The summed E-state index contributed by atoms with van der Waals surface area (Å²) in [5.74, 6) is -0.0923. The Kier molecular flexibility index (Phi) is 9.93. The third-order valence-electron chi connectivity index (χ3n) is 6.97. The van der Waals surface area contributed by atoms with Crippen molar-refractivity contribution in [2.24, 2.45) is 5.92 Å². The van der Waals surface area contributed by atoms with E-state index < -0.39 is 5.41 Å². The first kappa shape index (κ1) is 27.4. The van der Waals surface area contributed by atoms with E-state index in [2.05, 4.69) is 28.1 Å². The van der Waals surface area contributed by atoms with Crippen LogP contribution in [0.5, 0.6) is 0 Å². The van der Waals surface area contributed by atoms with Gasteiger partial charge in [0.05, 0.1) is 34.7 Å². The molecule has 0 aromatic heterocycles. The first-order chi connectivity index (χ1) is 16.8. The van der Waals surface area contributed by atoms with E-state index >= 15 is 0 Å². The van der Waals surface area contributed by atoms with E-state index in [-0.39, 0.29) is 34.7 Å². The van der Waals surface area contributed by atoms with E-state index in [4.69, 9.17) is 28.5 Å². The van der Waals surface area contributed by atoms with Crippen molar-refractivity contribution in [2.75, 3.05) is 0 Å². The van der Waals surface area contributed by atoms with Crippen LogP contribution in [0.1, 0.15) is 68.4 Å². The Balaban J connectivity index is 0.000000196. The Hall–Kier alpha value is -2.18. The predicted octanol–water partition coefficient (Wildman–Crippen LogP) is 7.71. The van der Waals surface area contributed by atoms with Crippen LogP contribution in [0.3, 0.4) is 0 Å². The van der Waals surface area contributed by atoms with E-state index in [0.717, 1.165) is 49.7 Å². The molecule has 0 heterocycles. The number of nitrogens with zero attached hydrogens (tertiary/aromatic N) is 2. The minimum atomic E-state index is -0.661. The number of alkyl halides is 1. The molecule has 2 saturated carbocycles. The summed E-state index contributed by atoms with van der Waals surface area (Å²) in [6.07, 6.45) is 6.23. The zero-order valence-electron chi connectivity index (χ0n) is 19.4. The van der Waals surface area contributed by atoms with Crippen LogP contribution in [-0.2, 0) is 15.0 Å². The van der Waals surface area contributed by atoms with Gasteiger partial charge in [-0.3, -0.25) is 9.59 Å². The van der Waals surface area contributed by atoms with E-state index in [0.29, 0.717) is 16.5 Å². The molecule has 2 aromatic carbocycles. The summed E-state index contributed by atoms with van der Waals surface area (Å²) in [7, 11) is 0. The molecule has 0 spiro atoms. The molecule has 2 aliphatic carbocycles. The summed E-state index contributed by atoms with van der Waals surface area (Å²) in [5.41, 5.74) is 1.14. The Labute approximate surface area is 225 Å². The molecule has 2 aromatic rings. The largest absolute Gasteiger partial charge is 0.299 e. The van der Waals surface area contributed by atoms with Crippen LogP contribution in [-0.4, -0.2) is 16.4 Å². The van der Waals surface area contributed by atoms with Crippen LogP contribution < -0.4 is 0 Å². The molecule has 2 fully saturated rings. The number of hydrogen-bond acceptors (Lipinski definition) is 4. The van der Waals surface area contributed by atoms with Crippen molar-refractivity contribution in [2.45, 2.75) is 67.5 Å². The number of carbonyl (C=O) groups is 2. The lowest BCUT2D eigenvalue weighted by molar-refractivity contribution is -0.126. The summed E-state index contributed by atoms with van der Waals surface area (Å²) in [4.78, 5) is 24.2. The van der Waals surface area contributed by atoms with Gasteiger partial charge in [-0.25, -0.2) is 0 Å². The molecule has 0 radical (unpaired) electrons. The van der Waals surface area contributed by atoms with Crippen molar-refractivity contribution < 1.29 is 9.59 Å². The number of carbonyl (C=O) groups excluding carboxylic acids is 2. The maximum absolute atomic E-state index is 12.5. The number of rotatable bonds is 4. The van der Waals surface area contributed by atoms with Crippen LogP contribution in [0.25, 0.3) is 0 Å². The molecule has 35 heavy (non-hydrogen) atoms. The van der Waals surface area contributed by atoms with Gasteiger partial charge >= 0.3 is 0 Å². The second-order valence-corrected chi connectivity index (χ2v) is 11.1. The topological polar surface area (TPSA) is 81.7 Å². The minimum Gasteiger partial charge on any atom is -0.299 e. The zero-order chi connectivity index (χ0) is 25.4. The van der Waals surface area contributed by atoms with Gasteiger partial charge in [0, 0.05) is 22.4 Å². The second kappa shape index (κ2) is 12.7. The Morgan fingerprint density at radius 3 is 2.14 bits per heavy atom. The van der Waals surface area contributed by atoms with Gasteiger partial charge < -0.3 is 0 Å². The molecule has 2 aliphatic rings. The first-order valence-corrected chi connectivity index (χ1v) is 13.5. The van der Waals surface area contributed by atoms with Crippen molar-refractivity contribution in [3.05, 3.63) is 69.7 Å². The molecular formula is C28H27BrCl2N2O2. The molecule has 4 nitrogen and oxygen atoms in total. The quantitative estimate of drug-likeness (QED) is 0.351. The van der Waals surface area contributed by atoms with Gasteiger partial charge in [0.25, 0.3) is 0 Å². The molecular weight excluding hydrogens is 547 g/mol. The third kappa shape index (κ3) is 6.53. The average Bonchev–Trinajstić information content (AvgIpc) is 2.86. The highest BCUT2D eigenvalue weighted by atomic mass is 79.9. The van der Waals surface area contributed by atoms with Gasteiger partial charge in [0.2, 0.25) is 0 Å². The summed E-state index contributed by atoms with van der Waals surface area (Å²) in [5, 5.41) is 19.6. The molecule has 0 amide bonds. The van der Waals surface area contributed by atoms with Crippen molar-refractivity contribution in [1.29, 1.82) is 10.5 Å². The predicted molar refractivity (Wildman–Crippen MR) is 142 cm³/mol. The number of nitriles is 2. The third-order valence-corrected chi connectivity index (χ3v) is 8.34. The van der Waals surface area contributed by atoms with Gasteiger partial charge in [-0.2, -0.15) is 10.5 Å². The van der Waals surface area contributed by atoms with Crippen molar-refractivity contribution >= 4 is 50.7 Å². The minimum absolute atomic E-state index is 0.123. The van der Waals surface area contributed by atoms with Gasteiger partial charge in [-0.1, -0.05) is 76.2 Å².